The summed E-state index contributed by atoms with van der Waals surface area (Å²) in [6, 6.07) is 0. The van der Waals surface area contributed by atoms with Crippen LogP contribution in [-0.4, -0.2) is 46.1 Å². The van der Waals surface area contributed by atoms with Crippen LogP contribution in [0.5, 0.6) is 0 Å². The van der Waals surface area contributed by atoms with Crippen molar-refractivity contribution in [3.8, 4) is 0 Å². The minimum Gasteiger partial charge on any atom is -0.444 e. The number of rotatable bonds is 1. The molecule has 1 saturated heterocycles. The molecule has 1 aromatic heterocycles. The first-order chi connectivity index (χ1) is 9.28. The molecule has 1 amide bonds. The molecular weight excluding hydrogens is 284 g/mol. The first kappa shape index (κ1) is 14.9. The van der Waals surface area contributed by atoms with Gasteiger partial charge < -0.3 is 20.1 Å². The van der Waals surface area contributed by atoms with E-state index in [0.29, 0.717) is 30.5 Å². The summed E-state index contributed by atoms with van der Waals surface area (Å²) in [4.78, 5) is 13.6. The van der Waals surface area contributed by atoms with Crippen molar-refractivity contribution < 1.29 is 14.3 Å². The van der Waals surface area contributed by atoms with Gasteiger partial charge >= 0.3 is 6.09 Å². The minimum absolute atomic E-state index is 0.307. The van der Waals surface area contributed by atoms with Crippen LogP contribution in [-0.2, 0) is 9.47 Å². The highest BCUT2D eigenvalue weighted by Crippen LogP contribution is 2.25. The van der Waals surface area contributed by atoms with Crippen molar-refractivity contribution in [1.82, 2.24) is 14.7 Å². The van der Waals surface area contributed by atoms with Crippen LogP contribution in [0.1, 0.15) is 27.0 Å². The molecule has 1 aliphatic rings. The van der Waals surface area contributed by atoms with Crippen LogP contribution in [0.25, 0.3) is 0 Å². The largest absolute Gasteiger partial charge is 0.444 e. The lowest BCUT2D eigenvalue weighted by atomic mass is 10.2. The average molecular weight is 303 g/mol. The highest BCUT2D eigenvalue weighted by atomic mass is 35.5. The van der Waals surface area contributed by atoms with Crippen molar-refractivity contribution in [3.05, 3.63) is 11.3 Å². The first-order valence-corrected chi connectivity index (χ1v) is 6.74. The Labute approximate surface area is 122 Å². The zero-order valence-corrected chi connectivity index (χ0v) is 12.6. The van der Waals surface area contributed by atoms with Crippen molar-refractivity contribution in [1.29, 1.82) is 0 Å². The SMILES string of the molecule is CC(C)(C)OC(=O)N1CCOC(n2ncc(N)c2Cl)C1. The molecule has 7 nitrogen and oxygen atoms in total. The van der Waals surface area contributed by atoms with E-state index < -0.39 is 11.8 Å². The molecule has 1 unspecified atom stereocenters. The van der Waals surface area contributed by atoms with Gasteiger partial charge in [0.25, 0.3) is 0 Å². The lowest BCUT2D eigenvalue weighted by Gasteiger charge is -2.34. The van der Waals surface area contributed by atoms with E-state index in [4.69, 9.17) is 26.8 Å². The second-order valence-electron chi connectivity index (χ2n) is 5.59. The van der Waals surface area contributed by atoms with Crippen molar-refractivity contribution >= 4 is 23.4 Å². The van der Waals surface area contributed by atoms with Crippen molar-refractivity contribution in [2.75, 3.05) is 25.4 Å². The van der Waals surface area contributed by atoms with Crippen molar-refractivity contribution in [3.63, 3.8) is 0 Å². The molecule has 1 atom stereocenters. The van der Waals surface area contributed by atoms with Crippen LogP contribution in [0, 0.1) is 0 Å². The van der Waals surface area contributed by atoms with Crippen molar-refractivity contribution in [2.45, 2.75) is 32.6 Å². The van der Waals surface area contributed by atoms with Crippen LogP contribution in [0.3, 0.4) is 0 Å². The number of carbonyl (C=O) groups is 1. The number of anilines is 1. The van der Waals surface area contributed by atoms with Gasteiger partial charge in [-0.2, -0.15) is 5.10 Å². The minimum atomic E-state index is -0.529. The first-order valence-electron chi connectivity index (χ1n) is 6.36. The molecule has 112 valence electrons. The highest BCUT2D eigenvalue weighted by Gasteiger charge is 2.30. The predicted octanol–water partition coefficient (Wildman–Crippen LogP) is 1.88. The second-order valence-corrected chi connectivity index (χ2v) is 5.95. The van der Waals surface area contributed by atoms with Crippen molar-refractivity contribution in [2.24, 2.45) is 0 Å². The van der Waals surface area contributed by atoms with Crippen LogP contribution in [0.2, 0.25) is 5.15 Å². The zero-order valence-electron chi connectivity index (χ0n) is 11.8. The quantitative estimate of drug-likeness (QED) is 0.856. The summed E-state index contributed by atoms with van der Waals surface area (Å²) in [5.41, 5.74) is 5.50. The maximum Gasteiger partial charge on any atom is 0.410 e. The molecule has 8 heteroatoms. The van der Waals surface area contributed by atoms with Gasteiger partial charge in [-0.05, 0) is 20.8 Å². The van der Waals surface area contributed by atoms with Gasteiger partial charge in [-0.15, -0.1) is 0 Å². The van der Waals surface area contributed by atoms with E-state index >= 15 is 0 Å². The number of ether oxygens (including phenoxy) is 2. The summed E-state index contributed by atoms with van der Waals surface area (Å²) in [5.74, 6) is 0. The third-order valence-electron chi connectivity index (χ3n) is 2.73. The van der Waals surface area contributed by atoms with Gasteiger partial charge in [0, 0.05) is 6.54 Å². The molecule has 0 aliphatic carbocycles. The van der Waals surface area contributed by atoms with E-state index in [-0.39, 0.29) is 6.09 Å². The summed E-state index contributed by atoms with van der Waals surface area (Å²) in [5, 5.41) is 4.37. The maximum atomic E-state index is 12.0. The van der Waals surface area contributed by atoms with E-state index in [0.717, 1.165) is 0 Å². The zero-order chi connectivity index (χ0) is 14.9. The van der Waals surface area contributed by atoms with Gasteiger partial charge in [-0.1, -0.05) is 11.6 Å². The van der Waals surface area contributed by atoms with Gasteiger partial charge in [0.2, 0.25) is 0 Å². The molecule has 20 heavy (non-hydrogen) atoms. The standard InChI is InChI=1S/C12H19ClN4O3/c1-12(2,3)20-11(18)16-4-5-19-9(7-16)17-10(13)8(14)6-15-17/h6,9H,4-5,7,14H2,1-3H3. The number of nitrogens with two attached hydrogens (primary N) is 1. The van der Waals surface area contributed by atoms with E-state index in [9.17, 15) is 4.79 Å². The number of morpholine rings is 1. The average Bonchev–Trinajstić information content (AvgIpc) is 2.68. The predicted molar refractivity (Wildman–Crippen MR) is 74.4 cm³/mol. The Morgan fingerprint density at radius 1 is 1.60 bits per heavy atom. The molecule has 2 heterocycles. The number of hydrogen-bond acceptors (Lipinski definition) is 5. The van der Waals surface area contributed by atoms with Gasteiger partial charge in [-0.25, -0.2) is 9.48 Å². The number of hydrogen-bond donors (Lipinski definition) is 1. The number of halogens is 1. The molecule has 0 radical (unpaired) electrons. The third-order valence-corrected chi connectivity index (χ3v) is 3.12. The van der Waals surface area contributed by atoms with Gasteiger partial charge in [0.05, 0.1) is 25.0 Å². The molecule has 1 aromatic rings. The lowest BCUT2D eigenvalue weighted by molar-refractivity contribution is -0.0779. The number of carbonyl (C=O) groups excluding carboxylic acids is 1. The smallest absolute Gasteiger partial charge is 0.410 e. The normalized spacial score (nSPS) is 20.0. The van der Waals surface area contributed by atoms with E-state index in [1.165, 1.54) is 10.9 Å². The van der Waals surface area contributed by atoms with E-state index in [1.54, 1.807) is 4.90 Å². The molecule has 2 rings (SSSR count). The summed E-state index contributed by atoms with van der Waals surface area (Å²) >= 11 is 6.04. The molecule has 0 aromatic carbocycles. The van der Waals surface area contributed by atoms with Gasteiger partial charge in [0.1, 0.15) is 5.60 Å². The summed E-state index contributed by atoms with van der Waals surface area (Å²) < 4.78 is 12.4. The summed E-state index contributed by atoms with van der Waals surface area (Å²) in [6.45, 7) is 6.66. The molecule has 0 spiro atoms. The van der Waals surface area contributed by atoms with Gasteiger partial charge in [-0.3, -0.25) is 0 Å². The Morgan fingerprint density at radius 3 is 2.85 bits per heavy atom. The van der Waals surface area contributed by atoms with Crippen LogP contribution >= 0.6 is 11.6 Å². The number of amides is 1. The Balaban J connectivity index is 2.05. The van der Waals surface area contributed by atoms with Crippen LogP contribution < -0.4 is 5.73 Å². The number of aromatic nitrogens is 2. The molecular formula is C12H19ClN4O3. The molecule has 0 bridgehead atoms. The number of nitrogens with zero attached hydrogens (tertiary/aromatic N) is 3. The van der Waals surface area contributed by atoms with Gasteiger partial charge in [0.15, 0.2) is 11.4 Å². The summed E-state index contributed by atoms with van der Waals surface area (Å²) in [6.07, 6.45) is 0.626. The van der Waals surface area contributed by atoms with Crippen LogP contribution in [0.15, 0.2) is 6.20 Å². The van der Waals surface area contributed by atoms with Crippen LogP contribution in [0.4, 0.5) is 10.5 Å². The molecule has 1 aliphatic heterocycles. The monoisotopic (exact) mass is 302 g/mol. The highest BCUT2D eigenvalue weighted by molar-refractivity contribution is 6.32. The Hall–Kier alpha value is -1.47. The molecule has 1 fully saturated rings. The number of nitrogen functional groups attached to an aromatic ring is 1. The maximum absolute atomic E-state index is 12.0. The molecule has 2 N–H and O–H groups in total. The van der Waals surface area contributed by atoms with E-state index in [2.05, 4.69) is 5.10 Å². The fourth-order valence-electron chi connectivity index (χ4n) is 1.83. The Bertz CT molecular complexity index is 497. The summed E-state index contributed by atoms with van der Waals surface area (Å²) in [7, 11) is 0. The van der Waals surface area contributed by atoms with E-state index in [1.807, 2.05) is 20.8 Å². The topological polar surface area (TPSA) is 82.6 Å². The fraction of sp³-hybridized carbons (Fsp3) is 0.667. The molecule has 0 saturated carbocycles. The Morgan fingerprint density at radius 2 is 2.30 bits per heavy atom. The lowest BCUT2D eigenvalue weighted by Crippen LogP contribution is -2.46. The Kier molecular flexibility index (Phi) is 4.10. The third kappa shape index (κ3) is 3.34. The fourth-order valence-corrected chi connectivity index (χ4v) is 2.03. The second kappa shape index (κ2) is 5.49.